The molecule has 34 heavy (non-hydrogen) atoms. The number of carbonyl (C=O) groups excluding carboxylic acids is 1. The largest absolute Gasteiger partial charge is 0.487 e. The highest BCUT2D eigenvalue weighted by molar-refractivity contribution is 6.30. The minimum atomic E-state index is -1.06. The van der Waals surface area contributed by atoms with Crippen LogP contribution in [-0.4, -0.2) is 40.6 Å². The number of aliphatic carboxylic acids is 1. The Hall–Kier alpha value is -3.02. The Morgan fingerprint density at radius 3 is 2.47 bits per heavy atom. The van der Waals surface area contributed by atoms with Crippen LogP contribution >= 0.6 is 23.2 Å². The molecule has 0 radical (unpaired) electrons. The average molecular weight is 498 g/mol. The second-order valence-electron chi connectivity index (χ2n) is 8.85. The van der Waals surface area contributed by atoms with Crippen molar-refractivity contribution in [3.05, 3.63) is 99.0 Å². The molecule has 0 spiro atoms. The normalized spacial score (nSPS) is 16.6. The highest BCUT2D eigenvalue weighted by Gasteiger charge is 2.35. The Bertz CT molecular complexity index is 1210. The molecule has 5 nitrogen and oxygen atoms in total. The number of carbonyl (C=O) groups is 2. The number of fused-ring (bicyclic) bond motifs is 1. The second kappa shape index (κ2) is 10.1. The van der Waals surface area contributed by atoms with Crippen LogP contribution in [-0.2, 0) is 24.1 Å². The van der Waals surface area contributed by atoms with E-state index >= 15 is 0 Å². The number of halogens is 2. The Balaban J connectivity index is 1.48. The number of hydrogen-bond donors (Lipinski definition) is 1. The van der Waals surface area contributed by atoms with Crippen molar-refractivity contribution in [2.45, 2.75) is 31.8 Å². The molecule has 1 amide bonds. The number of rotatable bonds is 8. The molecule has 4 rings (SSSR count). The lowest BCUT2D eigenvalue weighted by Gasteiger charge is -2.24. The highest BCUT2D eigenvalue weighted by Crippen LogP contribution is 2.37. The molecule has 1 heterocycles. The zero-order valence-electron chi connectivity index (χ0n) is 18.8. The van der Waals surface area contributed by atoms with Crippen molar-refractivity contribution < 1.29 is 19.4 Å². The number of carboxylic acids is 1. The number of carboxylic acid groups (broad SMARTS) is 1. The number of amides is 1. The molecule has 0 aromatic heterocycles. The lowest BCUT2D eigenvalue weighted by molar-refractivity contribution is -0.137. The molecule has 7 heteroatoms. The van der Waals surface area contributed by atoms with Gasteiger partial charge in [0, 0.05) is 35.0 Å². The van der Waals surface area contributed by atoms with E-state index in [1.807, 2.05) is 55.5 Å². The molecule has 176 valence electrons. The van der Waals surface area contributed by atoms with Crippen LogP contribution in [0.25, 0.3) is 0 Å². The third-order valence-corrected chi connectivity index (χ3v) is 6.38. The molecule has 1 atom stereocenters. The van der Waals surface area contributed by atoms with Gasteiger partial charge in [-0.15, -0.1) is 0 Å². The Kier molecular flexibility index (Phi) is 7.15. The van der Waals surface area contributed by atoms with Gasteiger partial charge in [0.15, 0.2) is 0 Å². The van der Waals surface area contributed by atoms with Gasteiger partial charge < -0.3 is 14.7 Å². The van der Waals surface area contributed by atoms with Gasteiger partial charge in [0.25, 0.3) is 5.91 Å². The van der Waals surface area contributed by atoms with E-state index in [-0.39, 0.29) is 19.0 Å². The summed E-state index contributed by atoms with van der Waals surface area (Å²) in [6.07, 6.45) is 1.85. The predicted octanol–water partition coefficient (Wildman–Crippen LogP) is 5.70. The molecule has 3 aromatic carbocycles. The first-order valence-electron chi connectivity index (χ1n) is 11.0. The first-order valence-corrected chi connectivity index (χ1v) is 11.8. The van der Waals surface area contributed by atoms with Gasteiger partial charge in [0.05, 0.1) is 0 Å². The maximum atomic E-state index is 13.2. The highest BCUT2D eigenvalue weighted by atomic mass is 35.5. The van der Waals surface area contributed by atoms with E-state index in [1.165, 1.54) is 4.90 Å². The third-order valence-electron chi connectivity index (χ3n) is 5.89. The zero-order valence-corrected chi connectivity index (χ0v) is 20.3. The van der Waals surface area contributed by atoms with E-state index in [1.54, 1.807) is 18.2 Å². The smallest absolute Gasteiger partial charge is 0.323 e. The fourth-order valence-corrected chi connectivity index (χ4v) is 4.68. The van der Waals surface area contributed by atoms with Crippen LogP contribution in [0.1, 0.15) is 34.0 Å². The maximum absolute atomic E-state index is 13.2. The van der Waals surface area contributed by atoms with Gasteiger partial charge in [0.1, 0.15) is 17.9 Å². The molecule has 0 aliphatic carbocycles. The van der Waals surface area contributed by atoms with Crippen LogP contribution in [0.4, 0.5) is 0 Å². The van der Waals surface area contributed by atoms with E-state index in [2.05, 4.69) is 0 Å². The minimum Gasteiger partial charge on any atom is -0.487 e. The van der Waals surface area contributed by atoms with E-state index in [0.29, 0.717) is 34.9 Å². The molecule has 0 unspecified atom stereocenters. The van der Waals surface area contributed by atoms with Gasteiger partial charge in [-0.2, -0.15) is 0 Å². The SMILES string of the molecule is C[C@@]1(Cc2ccc(Cl)cc2)Cc2cc(C(=O)N(CCc3cccc(Cl)c3)CC(=O)O)ccc2O1. The monoisotopic (exact) mass is 497 g/mol. The zero-order chi connectivity index (χ0) is 24.3. The van der Waals surface area contributed by atoms with Crippen LogP contribution in [0.15, 0.2) is 66.7 Å². The number of benzene rings is 3. The standard InChI is InChI=1S/C27H25Cl2NO4/c1-27(15-19-5-8-22(28)9-6-19)16-21-14-20(7-10-24(21)34-27)26(33)30(17-25(31)32)12-11-18-3-2-4-23(29)13-18/h2-10,13-14H,11-12,15-17H2,1H3,(H,31,32)/t27-/m1/s1. The minimum absolute atomic E-state index is 0.271. The van der Waals surface area contributed by atoms with Gasteiger partial charge in [-0.3, -0.25) is 9.59 Å². The fourth-order valence-electron chi connectivity index (χ4n) is 4.34. The van der Waals surface area contributed by atoms with Gasteiger partial charge >= 0.3 is 5.97 Å². The van der Waals surface area contributed by atoms with Crippen molar-refractivity contribution >= 4 is 35.1 Å². The van der Waals surface area contributed by atoms with E-state index in [9.17, 15) is 14.7 Å². The maximum Gasteiger partial charge on any atom is 0.323 e. The summed E-state index contributed by atoms with van der Waals surface area (Å²) in [6, 6.07) is 20.3. The van der Waals surface area contributed by atoms with Crippen molar-refractivity contribution in [1.29, 1.82) is 0 Å². The van der Waals surface area contributed by atoms with E-state index in [4.69, 9.17) is 27.9 Å². The predicted molar refractivity (Wildman–Crippen MR) is 133 cm³/mol. The summed E-state index contributed by atoms with van der Waals surface area (Å²) in [5.41, 5.74) is 3.00. The van der Waals surface area contributed by atoms with Gasteiger partial charge in [0.2, 0.25) is 0 Å². The third kappa shape index (κ3) is 5.91. The molecule has 0 saturated carbocycles. The van der Waals surface area contributed by atoms with Crippen LogP contribution in [0.3, 0.4) is 0 Å². The summed E-state index contributed by atoms with van der Waals surface area (Å²) in [5.74, 6) is -0.630. The molecule has 1 N–H and O–H groups in total. The molecule has 3 aromatic rings. The van der Waals surface area contributed by atoms with Crippen LogP contribution in [0, 0.1) is 0 Å². The van der Waals surface area contributed by atoms with Gasteiger partial charge in [-0.25, -0.2) is 0 Å². The van der Waals surface area contributed by atoms with Crippen molar-refractivity contribution in [2.75, 3.05) is 13.1 Å². The topological polar surface area (TPSA) is 66.8 Å². The fraction of sp³-hybridized carbons (Fsp3) is 0.259. The van der Waals surface area contributed by atoms with E-state index in [0.717, 1.165) is 22.4 Å². The van der Waals surface area contributed by atoms with E-state index < -0.39 is 11.6 Å². The summed E-state index contributed by atoms with van der Waals surface area (Å²) in [6.45, 7) is 1.94. The molecule has 1 aliphatic rings. The first-order chi connectivity index (χ1) is 16.2. The lowest BCUT2D eigenvalue weighted by atomic mass is 9.91. The number of hydrogen-bond acceptors (Lipinski definition) is 3. The Labute approximate surface area is 208 Å². The van der Waals surface area contributed by atoms with Crippen LogP contribution in [0.2, 0.25) is 10.0 Å². The van der Waals surface area contributed by atoms with Crippen molar-refractivity contribution in [3.8, 4) is 5.75 Å². The summed E-state index contributed by atoms with van der Waals surface area (Å²) in [7, 11) is 0. The van der Waals surface area contributed by atoms with Gasteiger partial charge in [-0.1, -0.05) is 47.5 Å². The molecule has 1 aliphatic heterocycles. The molecule has 0 saturated heterocycles. The quantitative estimate of drug-likeness (QED) is 0.433. The van der Waals surface area contributed by atoms with Gasteiger partial charge in [-0.05, 0) is 72.5 Å². The first kappa shape index (κ1) is 24.1. The average Bonchev–Trinajstić information content (AvgIpc) is 3.12. The summed E-state index contributed by atoms with van der Waals surface area (Å²) >= 11 is 12.0. The number of nitrogens with zero attached hydrogens (tertiary/aromatic N) is 1. The molecular weight excluding hydrogens is 473 g/mol. The number of ether oxygens (including phenoxy) is 1. The summed E-state index contributed by atoms with van der Waals surface area (Å²) in [4.78, 5) is 26.0. The molecular formula is C27H25Cl2NO4. The van der Waals surface area contributed by atoms with Crippen molar-refractivity contribution in [2.24, 2.45) is 0 Å². The molecule has 0 bridgehead atoms. The second-order valence-corrected chi connectivity index (χ2v) is 9.73. The van der Waals surface area contributed by atoms with Crippen molar-refractivity contribution in [3.63, 3.8) is 0 Å². The Morgan fingerprint density at radius 2 is 1.76 bits per heavy atom. The Morgan fingerprint density at radius 1 is 1.00 bits per heavy atom. The molecule has 0 fully saturated rings. The van der Waals surface area contributed by atoms with Crippen LogP contribution in [0.5, 0.6) is 5.75 Å². The lowest BCUT2D eigenvalue weighted by Crippen LogP contribution is -2.37. The summed E-state index contributed by atoms with van der Waals surface area (Å²) in [5, 5.41) is 10.7. The summed E-state index contributed by atoms with van der Waals surface area (Å²) < 4.78 is 6.24. The van der Waals surface area contributed by atoms with Crippen LogP contribution < -0.4 is 4.74 Å². The van der Waals surface area contributed by atoms with Crippen molar-refractivity contribution in [1.82, 2.24) is 4.90 Å².